The topological polar surface area (TPSA) is 86.6 Å². The SMILES string of the molecule is Cc1ncc(/C(O)=C2\C(=O)C(=O)N(CCCN(C)C)C2c2cccc(F)c2)c(C)n1. The lowest BCUT2D eigenvalue weighted by Crippen LogP contribution is -2.32. The van der Waals surface area contributed by atoms with Crippen LogP contribution in [0.15, 0.2) is 36.0 Å². The molecule has 2 heterocycles. The number of carbonyl (C=O) groups is 2. The molecule has 1 aromatic heterocycles. The third-order valence-corrected chi connectivity index (χ3v) is 5.06. The van der Waals surface area contributed by atoms with Crippen LogP contribution in [0, 0.1) is 19.7 Å². The molecule has 8 heteroatoms. The van der Waals surface area contributed by atoms with Gasteiger partial charge >= 0.3 is 0 Å². The van der Waals surface area contributed by atoms with Crippen molar-refractivity contribution in [1.82, 2.24) is 19.8 Å². The van der Waals surface area contributed by atoms with E-state index in [9.17, 15) is 19.1 Å². The van der Waals surface area contributed by atoms with Crippen molar-refractivity contribution in [1.29, 1.82) is 0 Å². The highest BCUT2D eigenvalue weighted by Crippen LogP contribution is 2.39. The molecule has 7 nitrogen and oxygen atoms in total. The first kappa shape index (κ1) is 21.6. The number of carbonyl (C=O) groups excluding carboxylic acids is 2. The normalized spacial score (nSPS) is 18.5. The Bertz CT molecular complexity index is 1020. The summed E-state index contributed by atoms with van der Waals surface area (Å²) >= 11 is 0. The molecule has 1 fully saturated rings. The first-order valence-electron chi connectivity index (χ1n) is 9.70. The van der Waals surface area contributed by atoms with Gasteiger partial charge in [0.1, 0.15) is 17.4 Å². The summed E-state index contributed by atoms with van der Waals surface area (Å²) in [5, 5.41) is 11.0. The predicted molar refractivity (Wildman–Crippen MR) is 110 cm³/mol. The molecule has 1 aromatic carbocycles. The molecular weight excluding hydrogens is 387 g/mol. The average molecular weight is 412 g/mol. The number of Topliss-reactive ketones (excluding diaryl/α,β-unsaturated/α-hetero) is 1. The fourth-order valence-electron chi connectivity index (χ4n) is 3.65. The van der Waals surface area contributed by atoms with E-state index >= 15 is 0 Å². The van der Waals surface area contributed by atoms with Crippen molar-refractivity contribution in [3.05, 3.63) is 64.5 Å². The minimum Gasteiger partial charge on any atom is -0.507 e. The first-order valence-corrected chi connectivity index (χ1v) is 9.70. The minimum atomic E-state index is -0.886. The molecule has 0 saturated carbocycles. The summed E-state index contributed by atoms with van der Waals surface area (Å²) in [4.78, 5) is 37.4. The van der Waals surface area contributed by atoms with Crippen LogP contribution in [0.3, 0.4) is 0 Å². The Morgan fingerprint density at radius 3 is 2.63 bits per heavy atom. The molecule has 1 aliphatic rings. The van der Waals surface area contributed by atoms with Gasteiger partial charge in [-0.25, -0.2) is 14.4 Å². The number of amides is 1. The molecule has 30 heavy (non-hydrogen) atoms. The second-order valence-corrected chi connectivity index (χ2v) is 7.62. The molecule has 0 spiro atoms. The Kier molecular flexibility index (Phi) is 6.26. The van der Waals surface area contributed by atoms with E-state index in [1.54, 1.807) is 19.9 Å². The number of nitrogens with zero attached hydrogens (tertiary/aromatic N) is 4. The highest BCUT2D eigenvalue weighted by atomic mass is 19.1. The predicted octanol–water partition coefficient (Wildman–Crippen LogP) is 2.61. The second-order valence-electron chi connectivity index (χ2n) is 7.62. The Morgan fingerprint density at radius 1 is 1.27 bits per heavy atom. The number of aryl methyl sites for hydroxylation is 2. The van der Waals surface area contributed by atoms with Gasteiger partial charge in [-0.05, 0) is 58.6 Å². The second kappa shape index (κ2) is 8.71. The number of benzene rings is 1. The van der Waals surface area contributed by atoms with Gasteiger partial charge in [-0.3, -0.25) is 9.59 Å². The summed E-state index contributed by atoms with van der Waals surface area (Å²) in [5.41, 5.74) is 1.10. The maximum Gasteiger partial charge on any atom is 0.295 e. The number of aliphatic hydroxyl groups is 1. The smallest absolute Gasteiger partial charge is 0.295 e. The summed E-state index contributed by atoms with van der Waals surface area (Å²) in [6.45, 7) is 4.41. The van der Waals surface area contributed by atoms with Crippen LogP contribution >= 0.6 is 0 Å². The van der Waals surface area contributed by atoms with Crippen LogP contribution < -0.4 is 0 Å². The lowest BCUT2D eigenvalue weighted by Gasteiger charge is -2.26. The molecule has 0 radical (unpaired) electrons. The van der Waals surface area contributed by atoms with Gasteiger partial charge in [-0.15, -0.1) is 0 Å². The summed E-state index contributed by atoms with van der Waals surface area (Å²) in [6, 6.07) is 4.85. The third kappa shape index (κ3) is 4.23. The third-order valence-electron chi connectivity index (χ3n) is 5.06. The molecule has 0 bridgehead atoms. The minimum absolute atomic E-state index is 0.0778. The van der Waals surface area contributed by atoms with Gasteiger partial charge in [0, 0.05) is 12.7 Å². The van der Waals surface area contributed by atoms with E-state index in [2.05, 4.69) is 9.97 Å². The maximum atomic E-state index is 14.0. The zero-order valence-electron chi connectivity index (χ0n) is 17.5. The van der Waals surface area contributed by atoms with E-state index in [1.165, 1.54) is 29.3 Å². The van der Waals surface area contributed by atoms with Crippen molar-refractivity contribution in [3.63, 3.8) is 0 Å². The van der Waals surface area contributed by atoms with Crippen LogP contribution in [0.4, 0.5) is 4.39 Å². The van der Waals surface area contributed by atoms with Crippen molar-refractivity contribution in [2.45, 2.75) is 26.3 Å². The summed E-state index contributed by atoms with van der Waals surface area (Å²) < 4.78 is 14.0. The van der Waals surface area contributed by atoms with Crippen molar-refractivity contribution in [3.8, 4) is 0 Å². The summed E-state index contributed by atoms with van der Waals surface area (Å²) in [7, 11) is 3.83. The van der Waals surface area contributed by atoms with Gasteiger partial charge in [-0.2, -0.15) is 0 Å². The van der Waals surface area contributed by atoms with Crippen molar-refractivity contribution in [2.24, 2.45) is 0 Å². The molecule has 158 valence electrons. The number of ketones is 1. The Morgan fingerprint density at radius 2 is 2.00 bits per heavy atom. The lowest BCUT2D eigenvalue weighted by atomic mass is 9.95. The number of hydrogen-bond acceptors (Lipinski definition) is 6. The lowest BCUT2D eigenvalue weighted by molar-refractivity contribution is -0.139. The van der Waals surface area contributed by atoms with Gasteiger partial charge in [0.05, 0.1) is 22.9 Å². The molecular formula is C22H25FN4O3. The van der Waals surface area contributed by atoms with E-state index in [4.69, 9.17) is 0 Å². The molecule has 1 atom stereocenters. The Hall–Kier alpha value is -3.13. The number of halogens is 1. The van der Waals surface area contributed by atoms with Crippen LogP contribution in [0.25, 0.3) is 5.76 Å². The van der Waals surface area contributed by atoms with Crippen LogP contribution in [0.5, 0.6) is 0 Å². The standard InChI is InChI=1S/C22H25FN4O3/c1-13-17(12-24-14(2)25-13)20(28)18-19(15-7-5-8-16(23)11-15)27(22(30)21(18)29)10-6-9-26(3)4/h5,7-8,11-12,19,28H,6,9-10H2,1-4H3/b20-18+. The van der Waals surface area contributed by atoms with Gasteiger partial charge in [0.2, 0.25) is 0 Å². The average Bonchev–Trinajstić information content (AvgIpc) is 2.92. The summed E-state index contributed by atoms with van der Waals surface area (Å²) in [5.74, 6) is -1.83. The molecule has 0 aliphatic carbocycles. The largest absolute Gasteiger partial charge is 0.507 e. The molecule has 1 saturated heterocycles. The van der Waals surface area contributed by atoms with E-state index in [1.807, 2.05) is 19.0 Å². The summed E-state index contributed by atoms with van der Waals surface area (Å²) in [6.07, 6.45) is 2.05. The zero-order chi connectivity index (χ0) is 22.0. The van der Waals surface area contributed by atoms with E-state index in [-0.39, 0.29) is 16.9 Å². The number of hydrogen-bond donors (Lipinski definition) is 1. The highest BCUT2D eigenvalue weighted by Gasteiger charge is 2.46. The number of aliphatic hydroxyl groups excluding tert-OH is 1. The van der Waals surface area contributed by atoms with E-state index in [0.717, 1.165) is 0 Å². The van der Waals surface area contributed by atoms with Crippen molar-refractivity contribution < 1.29 is 19.1 Å². The van der Waals surface area contributed by atoms with Crippen LogP contribution in [-0.2, 0) is 9.59 Å². The number of rotatable bonds is 6. The van der Waals surface area contributed by atoms with Crippen LogP contribution in [0.1, 0.15) is 35.1 Å². The zero-order valence-corrected chi connectivity index (χ0v) is 17.5. The first-order chi connectivity index (χ1) is 14.2. The van der Waals surface area contributed by atoms with E-state index < -0.39 is 23.5 Å². The van der Waals surface area contributed by atoms with Crippen LogP contribution in [-0.4, -0.2) is 63.7 Å². The molecule has 1 aliphatic heterocycles. The Balaban J connectivity index is 2.13. The van der Waals surface area contributed by atoms with Crippen molar-refractivity contribution in [2.75, 3.05) is 27.2 Å². The maximum absolute atomic E-state index is 14.0. The molecule has 1 N–H and O–H groups in total. The highest BCUT2D eigenvalue weighted by molar-refractivity contribution is 6.46. The fraction of sp³-hybridized carbons (Fsp3) is 0.364. The molecule has 1 unspecified atom stereocenters. The van der Waals surface area contributed by atoms with Gasteiger partial charge < -0.3 is 14.9 Å². The van der Waals surface area contributed by atoms with Gasteiger partial charge in [0.15, 0.2) is 0 Å². The van der Waals surface area contributed by atoms with Crippen LogP contribution in [0.2, 0.25) is 0 Å². The monoisotopic (exact) mass is 412 g/mol. The number of aromatic nitrogens is 2. The quantitative estimate of drug-likeness (QED) is 0.446. The Labute approximate surface area is 174 Å². The number of likely N-dealkylation sites (tertiary alicyclic amines) is 1. The molecule has 2 aromatic rings. The van der Waals surface area contributed by atoms with Crippen molar-refractivity contribution >= 4 is 17.4 Å². The van der Waals surface area contributed by atoms with Gasteiger partial charge in [0.25, 0.3) is 11.7 Å². The van der Waals surface area contributed by atoms with Gasteiger partial charge in [-0.1, -0.05) is 12.1 Å². The fourth-order valence-corrected chi connectivity index (χ4v) is 3.65. The molecule has 1 amide bonds. The molecule has 3 rings (SSSR count). The van der Waals surface area contributed by atoms with E-state index in [0.29, 0.717) is 36.6 Å².